The normalized spacial score (nSPS) is 12.9. The van der Waals surface area contributed by atoms with Crippen molar-refractivity contribution >= 4 is 41.8 Å². The Hall–Kier alpha value is -3.75. The van der Waals surface area contributed by atoms with E-state index in [9.17, 15) is 33.6 Å². The fraction of sp³-hybridized carbons (Fsp3) is 0.873. The van der Waals surface area contributed by atoms with Gasteiger partial charge in [0.15, 0.2) is 0 Å². The van der Waals surface area contributed by atoms with Gasteiger partial charge in [-0.25, -0.2) is 0 Å². The van der Waals surface area contributed by atoms with Gasteiger partial charge in [0.2, 0.25) is 0 Å². The topological polar surface area (TPSA) is 215 Å². The van der Waals surface area contributed by atoms with Crippen molar-refractivity contribution in [2.75, 3.05) is 46.8 Å². The lowest BCUT2D eigenvalue weighted by molar-refractivity contribution is -0.154. The van der Waals surface area contributed by atoms with Crippen molar-refractivity contribution in [2.24, 2.45) is 45.8 Å². The summed E-state index contributed by atoms with van der Waals surface area (Å²) in [4.78, 5) is 76.9. The molecule has 2 N–H and O–H groups in total. The van der Waals surface area contributed by atoms with Crippen molar-refractivity contribution < 1.29 is 72.2 Å². The lowest BCUT2D eigenvalue weighted by atomic mass is 9.74. The zero-order chi connectivity index (χ0) is 56.1. The maximum absolute atomic E-state index is 11.7. The number of hydrogen-bond acceptors (Lipinski definition) is 13. The second kappa shape index (κ2) is 47.6. The summed E-state index contributed by atoms with van der Waals surface area (Å²) in [6.07, 6.45) is 10.8. The maximum Gasteiger partial charge on any atom is 0.311 e. The molecule has 0 spiro atoms. The first-order valence-electron chi connectivity index (χ1n) is 26.2. The number of carbonyl (C=O) groups excluding carboxylic acids is 5. The first-order chi connectivity index (χ1) is 32.4. The molecule has 5 unspecified atom stereocenters. The van der Waals surface area contributed by atoms with Gasteiger partial charge in [-0.3, -0.25) is 33.6 Å². The molecule has 418 valence electrons. The van der Waals surface area contributed by atoms with Gasteiger partial charge >= 0.3 is 41.8 Å². The summed E-state index contributed by atoms with van der Waals surface area (Å²) in [5.41, 5.74) is -0.783. The molecule has 0 aliphatic heterocycles. The van der Waals surface area contributed by atoms with Gasteiger partial charge in [0.1, 0.15) is 0 Å². The number of carbonyl (C=O) groups is 7. The Morgan fingerprint density at radius 1 is 0.471 bits per heavy atom. The number of methoxy groups -OCH3 is 1. The number of esters is 5. The van der Waals surface area contributed by atoms with Crippen LogP contribution in [-0.4, -0.2) is 98.7 Å². The molecule has 15 nitrogen and oxygen atoms in total. The first kappa shape index (κ1) is 77.7. The Morgan fingerprint density at radius 3 is 1.24 bits per heavy atom. The highest BCUT2D eigenvalue weighted by atomic mass is 16.5. The summed E-state index contributed by atoms with van der Waals surface area (Å²) >= 11 is 0. The van der Waals surface area contributed by atoms with E-state index in [-0.39, 0.29) is 64.3 Å². The zero-order valence-electron chi connectivity index (χ0n) is 48.5. The second-order valence-corrected chi connectivity index (χ2v) is 19.6. The van der Waals surface area contributed by atoms with Crippen LogP contribution in [0, 0.1) is 45.8 Å². The Labute approximate surface area is 427 Å². The number of carboxylic acid groups (broad SMARTS) is 2. The molecule has 0 saturated heterocycles. The monoisotopic (exact) mass is 1010 g/mol. The Balaban J connectivity index is -0.000000179. The van der Waals surface area contributed by atoms with Gasteiger partial charge in [-0.15, -0.1) is 0 Å². The summed E-state index contributed by atoms with van der Waals surface area (Å²) in [7, 11) is 1.41. The number of unbranched alkanes of at least 4 members (excludes halogenated alkanes) is 2. The van der Waals surface area contributed by atoms with E-state index in [1.54, 1.807) is 20.8 Å². The van der Waals surface area contributed by atoms with Gasteiger partial charge in [0, 0.05) is 19.6 Å². The summed E-state index contributed by atoms with van der Waals surface area (Å²) in [6.45, 7) is 41.8. The largest absolute Gasteiger partial charge is 0.481 e. The molecule has 0 aliphatic carbocycles. The predicted molar refractivity (Wildman–Crippen MR) is 280 cm³/mol. The number of aliphatic carboxylic acids is 2. The van der Waals surface area contributed by atoms with Gasteiger partial charge in [-0.05, 0) is 105 Å². The van der Waals surface area contributed by atoms with E-state index >= 15 is 0 Å². The van der Waals surface area contributed by atoms with Crippen molar-refractivity contribution in [3.63, 3.8) is 0 Å². The second-order valence-electron chi connectivity index (χ2n) is 19.6. The lowest BCUT2D eigenvalue weighted by Crippen LogP contribution is -2.30. The first-order valence-corrected chi connectivity index (χ1v) is 26.2. The van der Waals surface area contributed by atoms with Crippen molar-refractivity contribution in [3.8, 4) is 0 Å². The van der Waals surface area contributed by atoms with Crippen LogP contribution in [0.1, 0.15) is 222 Å². The number of carboxylic acids is 2. The van der Waals surface area contributed by atoms with E-state index < -0.39 is 23.3 Å². The molecule has 0 rings (SSSR count). The Kier molecular flexibility index (Phi) is 52.8. The van der Waals surface area contributed by atoms with Crippen LogP contribution in [0.2, 0.25) is 0 Å². The Bertz CT molecular complexity index is 1340. The minimum Gasteiger partial charge on any atom is -0.481 e. The van der Waals surface area contributed by atoms with E-state index in [4.69, 9.17) is 33.9 Å². The summed E-state index contributed by atoms with van der Waals surface area (Å²) in [6, 6.07) is 0. The van der Waals surface area contributed by atoms with Crippen LogP contribution in [0.3, 0.4) is 0 Å². The van der Waals surface area contributed by atoms with Crippen molar-refractivity contribution in [2.45, 2.75) is 222 Å². The van der Waals surface area contributed by atoms with Gasteiger partial charge in [-0.2, -0.15) is 0 Å². The fourth-order valence-corrected chi connectivity index (χ4v) is 5.04. The average molecular weight is 1010 g/mol. The average Bonchev–Trinajstić information content (AvgIpc) is 3.32. The lowest BCUT2D eigenvalue weighted by Gasteiger charge is -2.31. The van der Waals surface area contributed by atoms with Gasteiger partial charge in [0.25, 0.3) is 0 Å². The molecular weight excluding hydrogens is 901 g/mol. The molecule has 0 bridgehead atoms. The molecule has 5 atom stereocenters. The van der Waals surface area contributed by atoms with E-state index in [2.05, 4.69) is 39.4 Å². The van der Waals surface area contributed by atoms with Crippen LogP contribution in [-0.2, 0) is 62.0 Å². The van der Waals surface area contributed by atoms with Crippen molar-refractivity contribution in [1.29, 1.82) is 0 Å². The van der Waals surface area contributed by atoms with E-state index in [0.717, 1.165) is 64.2 Å². The van der Waals surface area contributed by atoms with Crippen LogP contribution < -0.4 is 0 Å². The van der Waals surface area contributed by atoms with Crippen LogP contribution in [0.25, 0.3) is 0 Å². The highest BCUT2D eigenvalue weighted by Crippen LogP contribution is 2.36. The predicted octanol–water partition coefficient (Wildman–Crippen LogP) is 13.0. The van der Waals surface area contributed by atoms with Gasteiger partial charge < -0.3 is 38.6 Å². The minimum absolute atomic E-state index is 0.0547. The Morgan fingerprint density at radius 2 is 0.900 bits per heavy atom. The molecule has 0 radical (unpaired) electrons. The summed E-state index contributed by atoms with van der Waals surface area (Å²) in [5, 5.41) is 17.7. The molecule has 0 aromatic rings. The summed E-state index contributed by atoms with van der Waals surface area (Å²) in [5.74, 6) is -2.89. The highest BCUT2D eigenvalue weighted by Gasteiger charge is 2.33. The van der Waals surface area contributed by atoms with Crippen LogP contribution in [0.4, 0.5) is 0 Å². The molecule has 70 heavy (non-hydrogen) atoms. The standard InChI is InChI=1S/C13H24O5.2C10H20O2.C9H18O2.C7H14O2.C6H12O2/c1-4-11(9-10(3)12(14)15)13(16)18-8-6-7-17-5-2;1-6-9(2,3)7-10(4,5)8(11)12;1-5-7-8-12-9(11)10(3,4)6-2;1-4-6-7-11-9(10)8(3)5-2;1-4-6(3)7(8)9-5-2;1-4-5(2)6(7)8-3/h10-11H,4-9H2,1-3H3,(H,14,15);6-7H2,1-5H3,(H,11,12);5-8H2,1-4H3;8H,4-7H2,1-3H3;6H,4-5H2,1-3H3;5H,4H2,1-3H3. The molecule has 0 aromatic carbocycles. The highest BCUT2D eigenvalue weighted by molar-refractivity contribution is 5.76. The van der Waals surface area contributed by atoms with E-state index in [1.807, 2.05) is 83.1 Å². The summed E-state index contributed by atoms with van der Waals surface area (Å²) < 4.78 is 29.6. The van der Waals surface area contributed by atoms with Crippen molar-refractivity contribution in [3.05, 3.63) is 0 Å². The number of rotatable bonds is 29. The van der Waals surface area contributed by atoms with E-state index in [0.29, 0.717) is 58.9 Å². The third-order valence-electron chi connectivity index (χ3n) is 11.7. The van der Waals surface area contributed by atoms with Crippen LogP contribution >= 0.6 is 0 Å². The zero-order valence-corrected chi connectivity index (χ0v) is 48.5. The van der Waals surface area contributed by atoms with Crippen LogP contribution in [0.5, 0.6) is 0 Å². The van der Waals surface area contributed by atoms with Crippen LogP contribution in [0.15, 0.2) is 0 Å². The minimum atomic E-state index is -0.877. The molecule has 0 aliphatic rings. The fourth-order valence-electron chi connectivity index (χ4n) is 5.04. The molecule has 0 heterocycles. The molecule has 0 aromatic heterocycles. The number of ether oxygens (including phenoxy) is 6. The molecular formula is C55H108O15. The smallest absolute Gasteiger partial charge is 0.311 e. The molecule has 0 fully saturated rings. The third kappa shape index (κ3) is 46.6. The third-order valence-corrected chi connectivity index (χ3v) is 11.7. The molecule has 15 heteroatoms. The van der Waals surface area contributed by atoms with E-state index in [1.165, 1.54) is 7.11 Å². The SMILES string of the molecule is CCC(C)(C)CC(C)(C)C(=O)O.CCC(C)C(=O)OC.CCCCOC(=O)C(C)(C)CC.CCCCOC(=O)C(C)CC.CCOC(=O)C(C)CC.CCOCCCOC(=O)C(CC)CC(C)C(=O)O. The maximum atomic E-state index is 11.7. The molecule has 0 amide bonds. The van der Waals surface area contributed by atoms with Gasteiger partial charge in [-0.1, -0.05) is 116 Å². The number of hydrogen-bond donors (Lipinski definition) is 2. The molecule has 0 saturated carbocycles. The van der Waals surface area contributed by atoms with Crippen molar-refractivity contribution in [1.82, 2.24) is 0 Å². The quantitative estimate of drug-likeness (QED) is 0.0405. The van der Waals surface area contributed by atoms with Gasteiger partial charge in [0.05, 0.1) is 74.0 Å².